The summed E-state index contributed by atoms with van der Waals surface area (Å²) >= 11 is 0. The van der Waals surface area contributed by atoms with E-state index in [1.807, 2.05) is 22.9 Å². The molecule has 0 spiro atoms. The van der Waals surface area contributed by atoms with Gasteiger partial charge in [-0.25, -0.2) is 4.68 Å². The molecule has 2 N–H and O–H groups in total. The lowest BCUT2D eigenvalue weighted by Gasteiger charge is -2.35. The molecule has 3 heterocycles. The fourth-order valence-electron chi connectivity index (χ4n) is 3.96. The number of amides is 1. The predicted molar refractivity (Wildman–Crippen MR) is 93.9 cm³/mol. The van der Waals surface area contributed by atoms with Gasteiger partial charge in [0.05, 0.1) is 6.54 Å². The molecule has 1 aromatic carbocycles. The van der Waals surface area contributed by atoms with Crippen LogP contribution in [0.25, 0.3) is 0 Å². The highest BCUT2D eigenvalue weighted by Gasteiger charge is 2.32. The first-order valence-corrected chi connectivity index (χ1v) is 9.16. The Hall–Kier alpha value is -2.32. The van der Waals surface area contributed by atoms with Gasteiger partial charge < -0.3 is 10.5 Å². The van der Waals surface area contributed by atoms with Gasteiger partial charge in [-0.05, 0) is 46.7 Å². The number of tetrazole rings is 1. The number of aromatic nitrogens is 4. The van der Waals surface area contributed by atoms with Crippen LogP contribution < -0.4 is 5.73 Å². The van der Waals surface area contributed by atoms with Gasteiger partial charge in [0.15, 0.2) is 5.82 Å². The maximum atomic E-state index is 12.2. The van der Waals surface area contributed by atoms with Crippen LogP contribution >= 0.6 is 0 Å². The van der Waals surface area contributed by atoms with E-state index in [0.29, 0.717) is 12.5 Å². The average molecular weight is 356 g/mol. The molecule has 1 unspecified atom stereocenters. The predicted octanol–water partition coefficient (Wildman–Crippen LogP) is 0.684. The zero-order chi connectivity index (χ0) is 17.9. The van der Waals surface area contributed by atoms with Crippen molar-refractivity contribution in [3.8, 4) is 0 Å². The lowest BCUT2D eigenvalue weighted by Crippen LogP contribution is -2.42. The van der Waals surface area contributed by atoms with Crippen LogP contribution in [0.4, 0.5) is 0 Å². The van der Waals surface area contributed by atoms with Crippen LogP contribution in [-0.4, -0.2) is 50.8 Å². The Morgan fingerprint density at radius 1 is 1.27 bits per heavy atom. The SMILES string of the molecule is NC(=O)C1c2ccccc2CCN1Cc1nnnn1CC1CCOCC1. The highest BCUT2D eigenvalue weighted by Crippen LogP contribution is 2.30. The molecule has 138 valence electrons. The van der Waals surface area contributed by atoms with E-state index >= 15 is 0 Å². The molecule has 2 aliphatic heterocycles. The van der Waals surface area contributed by atoms with E-state index < -0.39 is 6.04 Å². The normalized spacial score (nSPS) is 21.5. The largest absolute Gasteiger partial charge is 0.381 e. The molecular formula is C18H24N6O2. The van der Waals surface area contributed by atoms with Crippen molar-refractivity contribution in [2.24, 2.45) is 11.7 Å². The summed E-state index contributed by atoms with van der Waals surface area (Å²) in [5.41, 5.74) is 7.92. The summed E-state index contributed by atoms with van der Waals surface area (Å²) in [6.07, 6.45) is 2.95. The minimum absolute atomic E-state index is 0.333. The molecule has 8 nitrogen and oxygen atoms in total. The molecular weight excluding hydrogens is 332 g/mol. The number of nitrogens with two attached hydrogens (primary N) is 1. The molecule has 0 saturated carbocycles. The van der Waals surface area contributed by atoms with Crippen molar-refractivity contribution in [2.45, 2.75) is 38.4 Å². The van der Waals surface area contributed by atoms with Gasteiger partial charge in [-0.1, -0.05) is 24.3 Å². The maximum Gasteiger partial charge on any atom is 0.239 e. The molecule has 1 fully saturated rings. The fourth-order valence-corrected chi connectivity index (χ4v) is 3.96. The number of hydrogen-bond acceptors (Lipinski definition) is 6. The Balaban J connectivity index is 1.52. The van der Waals surface area contributed by atoms with Crippen LogP contribution in [0, 0.1) is 5.92 Å². The molecule has 0 bridgehead atoms. The van der Waals surface area contributed by atoms with Crippen molar-refractivity contribution in [2.75, 3.05) is 19.8 Å². The number of primary amides is 1. The first kappa shape index (κ1) is 17.1. The van der Waals surface area contributed by atoms with E-state index in [0.717, 1.165) is 57.0 Å². The molecule has 1 saturated heterocycles. The number of carbonyl (C=O) groups excluding carboxylic acids is 1. The van der Waals surface area contributed by atoms with Gasteiger partial charge in [0.2, 0.25) is 5.91 Å². The number of hydrogen-bond donors (Lipinski definition) is 1. The highest BCUT2D eigenvalue weighted by molar-refractivity contribution is 5.82. The first-order valence-electron chi connectivity index (χ1n) is 9.16. The third-order valence-electron chi connectivity index (χ3n) is 5.38. The fraction of sp³-hybridized carbons (Fsp3) is 0.556. The number of carbonyl (C=O) groups is 1. The Morgan fingerprint density at radius 3 is 2.88 bits per heavy atom. The maximum absolute atomic E-state index is 12.2. The van der Waals surface area contributed by atoms with Gasteiger partial charge in [0, 0.05) is 26.3 Å². The van der Waals surface area contributed by atoms with E-state index in [9.17, 15) is 4.79 Å². The molecule has 26 heavy (non-hydrogen) atoms. The van der Waals surface area contributed by atoms with Crippen molar-refractivity contribution in [3.63, 3.8) is 0 Å². The third kappa shape index (κ3) is 3.47. The monoisotopic (exact) mass is 356 g/mol. The van der Waals surface area contributed by atoms with E-state index in [4.69, 9.17) is 10.5 Å². The number of nitrogens with zero attached hydrogens (tertiary/aromatic N) is 5. The standard InChI is InChI=1S/C18H24N6O2/c19-18(25)17-15-4-2-1-3-14(15)5-8-23(17)12-16-20-21-22-24(16)11-13-6-9-26-10-7-13/h1-4,13,17H,5-12H2,(H2,19,25). The van der Waals surface area contributed by atoms with Crippen molar-refractivity contribution in [3.05, 3.63) is 41.2 Å². The third-order valence-corrected chi connectivity index (χ3v) is 5.38. The van der Waals surface area contributed by atoms with Gasteiger partial charge in [-0.15, -0.1) is 5.10 Å². The van der Waals surface area contributed by atoms with Gasteiger partial charge in [0.25, 0.3) is 0 Å². The quantitative estimate of drug-likeness (QED) is 0.846. The zero-order valence-electron chi connectivity index (χ0n) is 14.8. The summed E-state index contributed by atoms with van der Waals surface area (Å²) in [6.45, 7) is 3.66. The van der Waals surface area contributed by atoms with Gasteiger partial charge in [-0.2, -0.15) is 0 Å². The van der Waals surface area contributed by atoms with Gasteiger partial charge >= 0.3 is 0 Å². The number of benzene rings is 1. The Bertz CT molecular complexity index is 771. The minimum atomic E-state index is -0.437. The van der Waals surface area contributed by atoms with E-state index in [1.54, 1.807) is 0 Å². The average Bonchev–Trinajstić information content (AvgIpc) is 3.08. The van der Waals surface area contributed by atoms with Crippen molar-refractivity contribution >= 4 is 5.91 Å². The number of fused-ring (bicyclic) bond motifs is 1. The van der Waals surface area contributed by atoms with E-state index in [1.165, 1.54) is 5.56 Å². The Morgan fingerprint density at radius 2 is 2.08 bits per heavy atom. The molecule has 1 amide bonds. The van der Waals surface area contributed by atoms with Crippen LogP contribution in [0.3, 0.4) is 0 Å². The molecule has 8 heteroatoms. The molecule has 2 aliphatic rings. The summed E-state index contributed by atoms with van der Waals surface area (Å²) < 4.78 is 7.29. The van der Waals surface area contributed by atoms with Gasteiger partial charge in [-0.3, -0.25) is 9.69 Å². The van der Waals surface area contributed by atoms with E-state index in [-0.39, 0.29) is 5.91 Å². The van der Waals surface area contributed by atoms with Crippen LogP contribution in [0.5, 0.6) is 0 Å². The molecule has 0 aliphatic carbocycles. The zero-order valence-corrected chi connectivity index (χ0v) is 14.8. The van der Waals surface area contributed by atoms with Crippen LogP contribution in [0.15, 0.2) is 24.3 Å². The number of ether oxygens (including phenoxy) is 1. The van der Waals surface area contributed by atoms with Crippen molar-refractivity contribution < 1.29 is 9.53 Å². The van der Waals surface area contributed by atoms with Crippen molar-refractivity contribution in [1.82, 2.24) is 25.1 Å². The van der Waals surface area contributed by atoms with E-state index in [2.05, 4.69) is 26.5 Å². The topological polar surface area (TPSA) is 99.2 Å². The minimum Gasteiger partial charge on any atom is -0.381 e. The summed E-state index contributed by atoms with van der Waals surface area (Å²) in [6, 6.07) is 7.57. The molecule has 1 aromatic heterocycles. The second-order valence-corrected chi connectivity index (χ2v) is 7.06. The second-order valence-electron chi connectivity index (χ2n) is 7.06. The highest BCUT2D eigenvalue weighted by atomic mass is 16.5. The number of rotatable bonds is 5. The van der Waals surface area contributed by atoms with Crippen LogP contribution in [-0.2, 0) is 29.0 Å². The summed E-state index contributed by atoms with van der Waals surface area (Å²) in [5.74, 6) is 0.975. The summed E-state index contributed by atoms with van der Waals surface area (Å²) in [4.78, 5) is 14.2. The summed E-state index contributed by atoms with van der Waals surface area (Å²) in [7, 11) is 0. The Labute approximate surface area is 152 Å². The smallest absolute Gasteiger partial charge is 0.239 e. The van der Waals surface area contributed by atoms with Crippen molar-refractivity contribution in [1.29, 1.82) is 0 Å². The summed E-state index contributed by atoms with van der Waals surface area (Å²) in [5, 5.41) is 12.2. The molecule has 2 aromatic rings. The lowest BCUT2D eigenvalue weighted by molar-refractivity contribution is -0.124. The van der Waals surface area contributed by atoms with Gasteiger partial charge in [0.1, 0.15) is 6.04 Å². The second kappa shape index (κ2) is 7.51. The molecule has 0 radical (unpaired) electrons. The van der Waals surface area contributed by atoms with Crippen LogP contribution in [0.1, 0.15) is 35.8 Å². The molecule has 4 rings (SSSR count). The first-order chi connectivity index (χ1) is 12.7. The molecule has 1 atom stereocenters. The lowest BCUT2D eigenvalue weighted by atomic mass is 9.92. The Kier molecular flexibility index (Phi) is 4.94. The van der Waals surface area contributed by atoms with Crippen LogP contribution in [0.2, 0.25) is 0 Å².